The molecular formula is C20H26N4OS. The van der Waals surface area contributed by atoms with Crippen LogP contribution in [0.3, 0.4) is 0 Å². The maximum Gasteiger partial charge on any atom is 0.267 e. The first-order valence-electron chi connectivity index (χ1n) is 10.1. The molecule has 3 aliphatic rings. The zero-order chi connectivity index (χ0) is 17.5. The Morgan fingerprint density at radius 3 is 2.69 bits per heavy atom. The minimum Gasteiger partial charge on any atom is -0.348 e. The highest BCUT2D eigenvalue weighted by Gasteiger charge is 2.25. The number of rotatable bonds is 3. The molecule has 0 N–H and O–H groups in total. The zero-order valence-corrected chi connectivity index (χ0v) is 16.1. The second kappa shape index (κ2) is 6.80. The van der Waals surface area contributed by atoms with E-state index in [0.717, 1.165) is 63.9 Å². The summed E-state index contributed by atoms with van der Waals surface area (Å²) in [6.07, 6.45) is 10.4. The third-order valence-corrected chi connectivity index (χ3v) is 7.39. The van der Waals surface area contributed by atoms with Gasteiger partial charge in [0.15, 0.2) is 5.13 Å². The molecule has 5 rings (SSSR count). The van der Waals surface area contributed by atoms with Gasteiger partial charge in [0.2, 0.25) is 0 Å². The summed E-state index contributed by atoms with van der Waals surface area (Å²) in [7, 11) is 0. The normalized spacial score (nSPS) is 20.2. The van der Waals surface area contributed by atoms with E-state index in [1.54, 1.807) is 4.68 Å². The van der Waals surface area contributed by atoms with Crippen molar-refractivity contribution in [2.45, 2.75) is 64.3 Å². The number of piperidine rings is 1. The summed E-state index contributed by atoms with van der Waals surface area (Å²) in [6.45, 7) is 2.88. The molecular weight excluding hydrogens is 344 g/mol. The Morgan fingerprint density at radius 1 is 1.04 bits per heavy atom. The van der Waals surface area contributed by atoms with Gasteiger partial charge in [-0.05, 0) is 69.3 Å². The van der Waals surface area contributed by atoms with Crippen LogP contribution in [0.2, 0.25) is 0 Å². The van der Waals surface area contributed by atoms with Crippen molar-refractivity contribution in [3.8, 4) is 0 Å². The van der Waals surface area contributed by atoms with Gasteiger partial charge in [0.05, 0.1) is 11.4 Å². The number of nitrogens with zero attached hydrogens (tertiary/aromatic N) is 4. The third-order valence-electron chi connectivity index (χ3n) is 6.17. The molecule has 1 saturated heterocycles. The summed E-state index contributed by atoms with van der Waals surface area (Å²) in [5.74, 6) is 0.547. The van der Waals surface area contributed by atoms with Crippen molar-refractivity contribution in [2.24, 2.45) is 5.92 Å². The van der Waals surface area contributed by atoms with E-state index in [4.69, 9.17) is 4.98 Å². The number of fused-ring (bicyclic) bond motifs is 2. The molecule has 0 aromatic carbocycles. The Kier molecular flexibility index (Phi) is 4.31. The topological polar surface area (TPSA) is 51.0 Å². The lowest BCUT2D eigenvalue weighted by Gasteiger charge is -2.31. The molecule has 2 aromatic heterocycles. The first-order chi connectivity index (χ1) is 12.8. The van der Waals surface area contributed by atoms with Crippen molar-refractivity contribution in [3.05, 3.63) is 38.2 Å². The molecule has 138 valence electrons. The molecule has 5 nitrogen and oxygen atoms in total. The summed E-state index contributed by atoms with van der Waals surface area (Å²) in [5.41, 5.74) is 3.76. The molecule has 0 saturated carbocycles. The van der Waals surface area contributed by atoms with E-state index >= 15 is 0 Å². The van der Waals surface area contributed by atoms with Gasteiger partial charge in [-0.1, -0.05) is 0 Å². The molecule has 2 aliphatic carbocycles. The Morgan fingerprint density at radius 2 is 1.85 bits per heavy atom. The average molecular weight is 371 g/mol. The number of thiazole rings is 1. The molecule has 1 aliphatic heterocycles. The van der Waals surface area contributed by atoms with Gasteiger partial charge in [0.25, 0.3) is 5.56 Å². The summed E-state index contributed by atoms with van der Waals surface area (Å²) in [6, 6.07) is 1.82. The predicted octanol–water partition coefficient (Wildman–Crippen LogP) is 2.98. The van der Waals surface area contributed by atoms with Crippen LogP contribution >= 0.6 is 11.3 Å². The molecule has 26 heavy (non-hydrogen) atoms. The van der Waals surface area contributed by atoms with Gasteiger partial charge in [-0.15, -0.1) is 11.3 Å². The Bertz CT molecular complexity index is 840. The average Bonchev–Trinajstić information content (AvgIpc) is 3.29. The summed E-state index contributed by atoms with van der Waals surface area (Å²) < 4.78 is 1.73. The van der Waals surface area contributed by atoms with Crippen molar-refractivity contribution >= 4 is 16.5 Å². The molecule has 0 bridgehead atoms. The molecule has 0 spiro atoms. The lowest BCUT2D eigenvalue weighted by atomic mass is 9.97. The molecule has 2 aromatic rings. The second-order valence-electron chi connectivity index (χ2n) is 7.99. The van der Waals surface area contributed by atoms with Crippen molar-refractivity contribution in [1.29, 1.82) is 0 Å². The standard InChI is InChI=1S/C20H26N4OS/c25-19-12-15-4-3-6-16(15)22-24(19)13-14-8-10-23(11-9-14)20-21-17-5-1-2-7-18(17)26-20/h12,14H,1-11,13H2. The monoisotopic (exact) mass is 370 g/mol. The highest BCUT2D eigenvalue weighted by atomic mass is 32.1. The SMILES string of the molecule is O=c1cc2c(nn1CC1CCN(c3nc4c(s3)CCCC4)CC1)CCC2. The van der Waals surface area contributed by atoms with Crippen molar-refractivity contribution in [3.63, 3.8) is 0 Å². The van der Waals surface area contributed by atoms with Crippen LogP contribution in [0.4, 0.5) is 5.13 Å². The van der Waals surface area contributed by atoms with Crippen LogP contribution in [0.15, 0.2) is 10.9 Å². The highest BCUT2D eigenvalue weighted by Crippen LogP contribution is 2.33. The molecule has 0 radical (unpaired) electrons. The van der Waals surface area contributed by atoms with E-state index in [1.165, 1.54) is 40.5 Å². The maximum absolute atomic E-state index is 12.3. The molecule has 1 fully saturated rings. The van der Waals surface area contributed by atoms with Gasteiger partial charge in [0, 0.05) is 30.6 Å². The Balaban J connectivity index is 1.24. The quantitative estimate of drug-likeness (QED) is 0.833. The fourth-order valence-corrected chi connectivity index (χ4v) is 5.80. The van der Waals surface area contributed by atoms with Crippen LogP contribution in [0.1, 0.15) is 53.9 Å². The predicted molar refractivity (Wildman–Crippen MR) is 104 cm³/mol. The fourth-order valence-electron chi connectivity index (χ4n) is 4.60. The van der Waals surface area contributed by atoms with E-state index in [-0.39, 0.29) is 5.56 Å². The molecule has 6 heteroatoms. The largest absolute Gasteiger partial charge is 0.348 e. The smallest absolute Gasteiger partial charge is 0.267 e. The van der Waals surface area contributed by atoms with E-state index in [9.17, 15) is 4.79 Å². The number of hydrogen-bond donors (Lipinski definition) is 0. The van der Waals surface area contributed by atoms with Crippen LogP contribution in [0, 0.1) is 5.92 Å². The van der Waals surface area contributed by atoms with E-state index in [2.05, 4.69) is 10.00 Å². The Labute approximate surface area is 158 Å². The van der Waals surface area contributed by atoms with Gasteiger partial charge in [-0.25, -0.2) is 9.67 Å². The minimum atomic E-state index is 0.0840. The van der Waals surface area contributed by atoms with Gasteiger partial charge in [0.1, 0.15) is 0 Å². The third kappa shape index (κ3) is 3.08. The summed E-state index contributed by atoms with van der Waals surface area (Å²) in [4.78, 5) is 21.2. The van der Waals surface area contributed by atoms with Crippen molar-refractivity contribution in [1.82, 2.24) is 14.8 Å². The Hall–Kier alpha value is -1.69. The molecule has 3 heterocycles. The summed E-state index contributed by atoms with van der Waals surface area (Å²) >= 11 is 1.91. The number of aryl methyl sites for hydroxylation is 4. The molecule has 0 unspecified atom stereocenters. The summed E-state index contributed by atoms with van der Waals surface area (Å²) in [5, 5.41) is 5.87. The maximum atomic E-state index is 12.3. The highest BCUT2D eigenvalue weighted by molar-refractivity contribution is 7.15. The van der Waals surface area contributed by atoms with Gasteiger partial charge < -0.3 is 4.90 Å². The van der Waals surface area contributed by atoms with Crippen LogP contribution < -0.4 is 10.5 Å². The number of anilines is 1. The lowest BCUT2D eigenvalue weighted by molar-refractivity contribution is 0.333. The number of aromatic nitrogens is 3. The van der Waals surface area contributed by atoms with E-state index in [0.29, 0.717) is 5.92 Å². The fraction of sp³-hybridized carbons (Fsp3) is 0.650. The molecule has 0 amide bonds. The van der Waals surface area contributed by atoms with Crippen molar-refractivity contribution < 1.29 is 0 Å². The van der Waals surface area contributed by atoms with Gasteiger partial charge in [-0.3, -0.25) is 4.79 Å². The molecule has 0 atom stereocenters. The van der Waals surface area contributed by atoms with E-state index < -0.39 is 0 Å². The van der Waals surface area contributed by atoms with Crippen LogP contribution in [0.25, 0.3) is 0 Å². The second-order valence-corrected chi connectivity index (χ2v) is 9.06. The van der Waals surface area contributed by atoms with Crippen LogP contribution in [0.5, 0.6) is 0 Å². The lowest BCUT2D eigenvalue weighted by Crippen LogP contribution is -2.37. The van der Waals surface area contributed by atoms with Gasteiger partial charge >= 0.3 is 0 Å². The van der Waals surface area contributed by atoms with Gasteiger partial charge in [-0.2, -0.15) is 5.10 Å². The first kappa shape index (κ1) is 16.5. The zero-order valence-electron chi connectivity index (χ0n) is 15.2. The van der Waals surface area contributed by atoms with E-state index in [1.807, 2.05) is 17.4 Å². The van der Waals surface area contributed by atoms with Crippen molar-refractivity contribution in [2.75, 3.05) is 18.0 Å². The number of hydrogen-bond acceptors (Lipinski definition) is 5. The minimum absolute atomic E-state index is 0.0840. The van der Waals surface area contributed by atoms with Crippen LogP contribution in [-0.2, 0) is 32.2 Å². The van der Waals surface area contributed by atoms with Crippen LogP contribution in [-0.4, -0.2) is 27.9 Å². The first-order valence-corrected chi connectivity index (χ1v) is 10.9.